The molecule has 0 saturated carbocycles. The summed E-state index contributed by atoms with van der Waals surface area (Å²) in [5.41, 5.74) is 0.255. The van der Waals surface area contributed by atoms with Gasteiger partial charge in [-0.15, -0.1) is 0 Å². The summed E-state index contributed by atoms with van der Waals surface area (Å²) >= 11 is 0. The van der Waals surface area contributed by atoms with Crippen LogP contribution in [0.4, 0.5) is 24.5 Å². The number of halogens is 3. The maximum atomic E-state index is 12.9. The zero-order chi connectivity index (χ0) is 17.7. The zero-order valence-corrected chi connectivity index (χ0v) is 12.5. The van der Waals surface area contributed by atoms with Gasteiger partial charge in [0.05, 0.1) is 17.6 Å². The van der Waals surface area contributed by atoms with E-state index in [0.717, 1.165) is 7.11 Å². The molecule has 0 amide bonds. The van der Waals surface area contributed by atoms with Gasteiger partial charge in [0.2, 0.25) is 5.75 Å². The van der Waals surface area contributed by atoms with Crippen LogP contribution in [0.25, 0.3) is 0 Å². The number of alkyl halides is 2. The molecule has 0 radical (unpaired) electrons. The van der Waals surface area contributed by atoms with Crippen LogP contribution in [-0.4, -0.2) is 18.6 Å². The second-order valence-electron chi connectivity index (χ2n) is 4.60. The summed E-state index contributed by atoms with van der Waals surface area (Å²) in [7, 11) is 1.12. The predicted octanol–water partition coefficient (Wildman–Crippen LogP) is 3.96. The van der Waals surface area contributed by atoms with Crippen LogP contribution in [0.3, 0.4) is 0 Å². The number of anilines is 1. The third-order valence-electron chi connectivity index (χ3n) is 3.11. The van der Waals surface area contributed by atoms with E-state index in [1.54, 1.807) is 0 Å². The van der Waals surface area contributed by atoms with Crippen molar-refractivity contribution in [2.45, 2.75) is 13.2 Å². The Balaban J connectivity index is 2.31. The van der Waals surface area contributed by atoms with E-state index in [4.69, 9.17) is 4.74 Å². The predicted molar refractivity (Wildman–Crippen MR) is 80.0 cm³/mol. The Morgan fingerprint density at radius 1 is 1.21 bits per heavy atom. The highest BCUT2D eigenvalue weighted by atomic mass is 19.3. The fourth-order valence-electron chi connectivity index (χ4n) is 2.09. The van der Waals surface area contributed by atoms with Gasteiger partial charge in [0.1, 0.15) is 5.82 Å². The summed E-state index contributed by atoms with van der Waals surface area (Å²) in [6.07, 6.45) is 0. The number of nitro benzene ring substituents is 1. The van der Waals surface area contributed by atoms with Crippen molar-refractivity contribution in [3.8, 4) is 11.5 Å². The van der Waals surface area contributed by atoms with Crippen LogP contribution in [-0.2, 0) is 6.54 Å². The van der Waals surface area contributed by atoms with Gasteiger partial charge in [-0.25, -0.2) is 4.39 Å². The molecule has 0 aliphatic carbocycles. The van der Waals surface area contributed by atoms with Crippen molar-refractivity contribution in [2.24, 2.45) is 0 Å². The van der Waals surface area contributed by atoms with Gasteiger partial charge >= 0.3 is 12.3 Å². The van der Waals surface area contributed by atoms with Gasteiger partial charge in [0, 0.05) is 12.2 Å². The van der Waals surface area contributed by atoms with Gasteiger partial charge < -0.3 is 14.8 Å². The van der Waals surface area contributed by atoms with E-state index in [-0.39, 0.29) is 12.1 Å². The van der Waals surface area contributed by atoms with Crippen molar-refractivity contribution in [2.75, 3.05) is 12.4 Å². The lowest BCUT2D eigenvalue weighted by Gasteiger charge is -2.13. The number of nitrogens with zero attached hydrogens (tertiary/aromatic N) is 1. The van der Waals surface area contributed by atoms with Crippen LogP contribution < -0.4 is 14.8 Å². The van der Waals surface area contributed by atoms with Gasteiger partial charge in [0.25, 0.3) is 0 Å². The molecule has 2 rings (SSSR count). The SMILES string of the molecule is COc1c(OC(F)F)ccc(CNc2ccc(F)cc2)c1[N+](=O)[O-]. The molecule has 9 heteroatoms. The van der Waals surface area contributed by atoms with E-state index in [1.807, 2.05) is 0 Å². The van der Waals surface area contributed by atoms with E-state index >= 15 is 0 Å². The van der Waals surface area contributed by atoms with Crippen molar-refractivity contribution >= 4 is 11.4 Å². The molecule has 24 heavy (non-hydrogen) atoms. The maximum Gasteiger partial charge on any atom is 0.387 e. The fourth-order valence-corrected chi connectivity index (χ4v) is 2.09. The van der Waals surface area contributed by atoms with Crippen LogP contribution in [0.5, 0.6) is 11.5 Å². The molecule has 0 aliphatic rings. The number of nitro groups is 1. The lowest BCUT2D eigenvalue weighted by atomic mass is 10.1. The number of rotatable bonds is 7. The minimum Gasteiger partial charge on any atom is -0.488 e. The lowest BCUT2D eigenvalue weighted by Crippen LogP contribution is -2.08. The first kappa shape index (κ1) is 17.4. The molecular formula is C15H13F3N2O4. The van der Waals surface area contributed by atoms with Crippen LogP contribution in [0.1, 0.15) is 5.56 Å². The Hall–Kier alpha value is -2.97. The van der Waals surface area contributed by atoms with E-state index in [9.17, 15) is 23.3 Å². The molecule has 0 heterocycles. The van der Waals surface area contributed by atoms with Gasteiger partial charge in [0.15, 0.2) is 5.75 Å². The van der Waals surface area contributed by atoms with E-state index in [0.29, 0.717) is 5.69 Å². The Morgan fingerprint density at radius 2 is 1.88 bits per heavy atom. The van der Waals surface area contributed by atoms with Gasteiger partial charge in [-0.05, 0) is 36.4 Å². The van der Waals surface area contributed by atoms with Crippen LogP contribution in [0.2, 0.25) is 0 Å². The number of hydrogen-bond acceptors (Lipinski definition) is 5. The summed E-state index contributed by atoms with van der Waals surface area (Å²) in [5.74, 6) is -1.23. The lowest BCUT2D eigenvalue weighted by molar-refractivity contribution is -0.386. The Bertz CT molecular complexity index is 723. The van der Waals surface area contributed by atoms with E-state index in [2.05, 4.69) is 10.1 Å². The number of hydrogen-bond donors (Lipinski definition) is 1. The topological polar surface area (TPSA) is 73.6 Å². The Morgan fingerprint density at radius 3 is 2.42 bits per heavy atom. The molecule has 6 nitrogen and oxygen atoms in total. The van der Waals surface area contributed by atoms with E-state index < -0.39 is 34.5 Å². The Kier molecular flexibility index (Phi) is 5.46. The highest BCUT2D eigenvalue weighted by molar-refractivity contribution is 5.61. The first-order valence-electron chi connectivity index (χ1n) is 6.71. The highest BCUT2D eigenvalue weighted by Gasteiger charge is 2.26. The molecule has 0 unspecified atom stereocenters. The smallest absolute Gasteiger partial charge is 0.387 e. The Labute approximate surface area is 135 Å². The molecule has 128 valence electrons. The number of benzene rings is 2. The van der Waals surface area contributed by atoms with Crippen LogP contribution in [0, 0.1) is 15.9 Å². The second-order valence-corrected chi connectivity index (χ2v) is 4.60. The number of ether oxygens (including phenoxy) is 2. The summed E-state index contributed by atoms with van der Waals surface area (Å²) in [5, 5.41) is 14.2. The van der Waals surface area contributed by atoms with Crippen molar-refractivity contribution in [3.05, 3.63) is 57.9 Å². The summed E-state index contributed by atoms with van der Waals surface area (Å²) < 4.78 is 46.7. The normalized spacial score (nSPS) is 10.5. The molecular weight excluding hydrogens is 329 g/mol. The largest absolute Gasteiger partial charge is 0.488 e. The zero-order valence-electron chi connectivity index (χ0n) is 12.5. The molecule has 0 bridgehead atoms. The fraction of sp³-hybridized carbons (Fsp3) is 0.200. The monoisotopic (exact) mass is 342 g/mol. The molecule has 0 spiro atoms. The van der Waals surface area contributed by atoms with Crippen molar-refractivity contribution in [1.29, 1.82) is 0 Å². The first-order valence-corrected chi connectivity index (χ1v) is 6.71. The van der Waals surface area contributed by atoms with Gasteiger partial charge in [-0.2, -0.15) is 8.78 Å². The standard InChI is InChI=1S/C15H13F3N2O4/c1-23-14-12(24-15(17)18)7-2-9(13(14)20(21)22)8-19-11-5-3-10(16)4-6-11/h2-7,15,19H,8H2,1H3. The summed E-state index contributed by atoms with van der Waals surface area (Å²) in [4.78, 5) is 10.6. The summed E-state index contributed by atoms with van der Waals surface area (Å²) in [6.45, 7) is -3.13. The van der Waals surface area contributed by atoms with Crippen molar-refractivity contribution < 1.29 is 27.6 Å². The average molecular weight is 342 g/mol. The van der Waals surface area contributed by atoms with Gasteiger partial charge in [-0.3, -0.25) is 10.1 Å². The van der Waals surface area contributed by atoms with Gasteiger partial charge in [-0.1, -0.05) is 0 Å². The van der Waals surface area contributed by atoms with E-state index in [1.165, 1.54) is 36.4 Å². The molecule has 0 aliphatic heterocycles. The minimum atomic E-state index is -3.14. The third kappa shape index (κ3) is 4.06. The summed E-state index contributed by atoms with van der Waals surface area (Å²) in [6, 6.07) is 7.85. The molecule has 0 fully saturated rings. The van der Waals surface area contributed by atoms with Crippen LogP contribution >= 0.6 is 0 Å². The molecule has 2 aromatic rings. The highest BCUT2D eigenvalue weighted by Crippen LogP contribution is 2.40. The van der Waals surface area contributed by atoms with Crippen molar-refractivity contribution in [3.63, 3.8) is 0 Å². The molecule has 0 atom stereocenters. The first-order chi connectivity index (χ1) is 11.4. The molecule has 0 aromatic heterocycles. The molecule has 1 N–H and O–H groups in total. The van der Waals surface area contributed by atoms with Crippen molar-refractivity contribution in [1.82, 2.24) is 0 Å². The molecule has 2 aromatic carbocycles. The number of methoxy groups -OCH3 is 1. The van der Waals surface area contributed by atoms with Crippen LogP contribution in [0.15, 0.2) is 36.4 Å². The second kappa shape index (κ2) is 7.53. The number of nitrogens with one attached hydrogen (secondary N) is 1. The average Bonchev–Trinajstić information content (AvgIpc) is 2.53. The third-order valence-corrected chi connectivity index (χ3v) is 3.11. The maximum absolute atomic E-state index is 12.9. The quantitative estimate of drug-likeness (QED) is 0.609. The minimum absolute atomic E-state index is 0.00721. The molecule has 0 saturated heterocycles.